The minimum Gasteiger partial charge on any atom is -0.397 e. The van der Waals surface area contributed by atoms with Gasteiger partial charge in [0.05, 0.1) is 17.4 Å². The first-order valence-corrected chi connectivity index (χ1v) is 3.77. The molecule has 4 nitrogen and oxygen atoms in total. The fourth-order valence-electron chi connectivity index (χ4n) is 1.09. The van der Waals surface area contributed by atoms with Gasteiger partial charge in [-0.25, -0.2) is 8.78 Å². The van der Waals surface area contributed by atoms with Gasteiger partial charge in [-0.1, -0.05) is 0 Å². The zero-order valence-corrected chi connectivity index (χ0v) is 7.17. The fourth-order valence-corrected chi connectivity index (χ4v) is 1.09. The van der Waals surface area contributed by atoms with Crippen LogP contribution in [-0.2, 0) is 6.54 Å². The van der Waals surface area contributed by atoms with Crippen LogP contribution in [0.5, 0.6) is 0 Å². The predicted molar refractivity (Wildman–Crippen MR) is 46.2 cm³/mol. The summed E-state index contributed by atoms with van der Waals surface area (Å²) in [4.78, 5) is 3.40. The number of alkyl halides is 2. The summed E-state index contributed by atoms with van der Waals surface area (Å²) in [5.74, 6) is 0. The molecule has 4 N–H and O–H groups in total. The van der Waals surface area contributed by atoms with E-state index in [0.29, 0.717) is 0 Å². The molecule has 0 atom stereocenters. The van der Waals surface area contributed by atoms with Crippen molar-refractivity contribution in [3.8, 4) is 6.07 Å². The quantitative estimate of drug-likeness (QED) is 0.739. The molecule has 0 aliphatic heterocycles. The third-order valence-electron chi connectivity index (χ3n) is 1.77. The Morgan fingerprint density at radius 3 is 2.64 bits per heavy atom. The third-order valence-corrected chi connectivity index (χ3v) is 1.77. The molecule has 1 aromatic heterocycles. The smallest absolute Gasteiger partial charge is 0.281 e. The highest BCUT2D eigenvalue weighted by Crippen LogP contribution is 2.25. The Balaban J connectivity index is 3.43. The van der Waals surface area contributed by atoms with Gasteiger partial charge in [-0.3, -0.25) is 4.98 Å². The summed E-state index contributed by atoms with van der Waals surface area (Å²) in [5, 5.41) is 8.67. The number of hydrogen-bond donors (Lipinski definition) is 2. The molecule has 14 heavy (non-hydrogen) atoms. The van der Waals surface area contributed by atoms with Crippen molar-refractivity contribution >= 4 is 5.69 Å². The number of nitrogen functional groups attached to an aromatic ring is 1. The molecule has 0 unspecified atom stereocenters. The number of hydrogen-bond acceptors (Lipinski definition) is 4. The van der Waals surface area contributed by atoms with E-state index >= 15 is 0 Å². The Hall–Kier alpha value is -1.74. The van der Waals surface area contributed by atoms with Crippen LogP contribution >= 0.6 is 0 Å². The van der Waals surface area contributed by atoms with E-state index in [-0.39, 0.29) is 23.4 Å². The van der Waals surface area contributed by atoms with Crippen molar-refractivity contribution in [2.24, 2.45) is 5.73 Å². The van der Waals surface area contributed by atoms with E-state index in [0.717, 1.165) is 6.20 Å². The first-order chi connectivity index (χ1) is 6.61. The van der Waals surface area contributed by atoms with Crippen LogP contribution in [0.15, 0.2) is 6.20 Å². The van der Waals surface area contributed by atoms with Gasteiger partial charge in [-0.15, -0.1) is 0 Å². The molecule has 0 saturated heterocycles. The molecular formula is C8H8F2N4. The maximum Gasteiger partial charge on any atom is 0.281 e. The second-order valence-electron chi connectivity index (χ2n) is 2.57. The molecule has 1 rings (SSSR count). The van der Waals surface area contributed by atoms with Gasteiger partial charge in [-0.2, -0.15) is 5.26 Å². The number of anilines is 1. The normalized spacial score (nSPS) is 10.2. The molecule has 0 amide bonds. The number of nitrogens with two attached hydrogens (primary N) is 2. The molecule has 1 heterocycles. The van der Waals surface area contributed by atoms with E-state index < -0.39 is 12.1 Å². The number of rotatable bonds is 2. The minimum atomic E-state index is -2.80. The average molecular weight is 198 g/mol. The molecule has 0 spiro atoms. The van der Waals surface area contributed by atoms with E-state index in [9.17, 15) is 8.78 Å². The highest BCUT2D eigenvalue weighted by Gasteiger charge is 2.18. The highest BCUT2D eigenvalue weighted by molar-refractivity contribution is 5.55. The van der Waals surface area contributed by atoms with Crippen molar-refractivity contribution in [2.75, 3.05) is 5.73 Å². The Labute approximate surface area is 79.1 Å². The van der Waals surface area contributed by atoms with Crippen LogP contribution in [0.1, 0.15) is 23.2 Å². The van der Waals surface area contributed by atoms with Crippen LogP contribution in [0.4, 0.5) is 14.5 Å². The van der Waals surface area contributed by atoms with Crippen LogP contribution in [0.2, 0.25) is 0 Å². The SMILES string of the molecule is N#Cc1c(C(F)F)ncc(N)c1CN. The van der Waals surface area contributed by atoms with Gasteiger partial charge in [0, 0.05) is 12.1 Å². The zero-order valence-electron chi connectivity index (χ0n) is 7.17. The predicted octanol–water partition coefficient (Wildman–Crippen LogP) is 0.932. The largest absolute Gasteiger partial charge is 0.397 e. The van der Waals surface area contributed by atoms with Gasteiger partial charge in [0.1, 0.15) is 11.8 Å². The monoisotopic (exact) mass is 198 g/mol. The van der Waals surface area contributed by atoms with Crippen LogP contribution in [0.3, 0.4) is 0 Å². The summed E-state index contributed by atoms with van der Waals surface area (Å²) in [6.45, 7) is -0.0586. The van der Waals surface area contributed by atoms with Gasteiger partial charge >= 0.3 is 0 Å². The lowest BCUT2D eigenvalue weighted by atomic mass is 10.1. The Morgan fingerprint density at radius 2 is 2.21 bits per heavy atom. The summed E-state index contributed by atoms with van der Waals surface area (Å²) in [7, 11) is 0. The third kappa shape index (κ3) is 1.63. The van der Waals surface area contributed by atoms with Crippen LogP contribution in [-0.4, -0.2) is 4.98 Å². The van der Waals surface area contributed by atoms with E-state index in [4.69, 9.17) is 16.7 Å². The van der Waals surface area contributed by atoms with Crippen LogP contribution in [0.25, 0.3) is 0 Å². The molecule has 0 saturated carbocycles. The zero-order chi connectivity index (χ0) is 10.7. The Kier molecular flexibility index (Phi) is 2.94. The molecule has 74 valence electrons. The molecule has 0 aliphatic rings. The van der Waals surface area contributed by atoms with Crippen molar-refractivity contribution in [1.29, 1.82) is 5.26 Å². The van der Waals surface area contributed by atoms with Crippen LogP contribution in [0, 0.1) is 11.3 Å². The first-order valence-electron chi connectivity index (χ1n) is 3.77. The standard InChI is InChI=1S/C8H8F2N4/c9-8(10)7-5(2-12)4(1-11)6(13)3-14-7/h3,8H,1,11,13H2. The first kappa shape index (κ1) is 10.3. The summed E-state index contributed by atoms with van der Waals surface area (Å²) >= 11 is 0. The van der Waals surface area contributed by atoms with E-state index in [1.165, 1.54) is 0 Å². The molecule has 0 aliphatic carbocycles. The maximum absolute atomic E-state index is 12.4. The van der Waals surface area contributed by atoms with Gasteiger partial charge < -0.3 is 11.5 Å². The van der Waals surface area contributed by atoms with Crippen molar-refractivity contribution in [2.45, 2.75) is 13.0 Å². The van der Waals surface area contributed by atoms with E-state index in [1.807, 2.05) is 0 Å². The Bertz CT molecular complexity index is 384. The number of halogens is 2. The summed E-state index contributed by atoms with van der Waals surface area (Å²) in [5.41, 5.74) is 10.3. The summed E-state index contributed by atoms with van der Waals surface area (Å²) in [6.07, 6.45) is -1.71. The number of nitrogens with zero attached hydrogens (tertiary/aromatic N) is 2. The molecular weight excluding hydrogens is 190 g/mol. The van der Waals surface area contributed by atoms with Crippen molar-refractivity contribution in [1.82, 2.24) is 4.98 Å². The Morgan fingerprint density at radius 1 is 1.57 bits per heavy atom. The van der Waals surface area contributed by atoms with E-state index in [2.05, 4.69) is 4.98 Å². The maximum atomic E-state index is 12.4. The lowest BCUT2D eigenvalue weighted by Crippen LogP contribution is -2.09. The summed E-state index contributed by atoms with van der Waals surface area (Å²) in [6, 6.07) is 1.63. The van der Waals surface area contributed by atoms with E-state index in [1.54, 1.807) is 6.07 Å². The van der Waals surface area contributed by atoms with Crippen LogP contribution < -0.4 is 11.5 Å². The lowest BCUT2D eigenvalue weighted by molar-refractivity contribution is 0.145. The van der Waals surface area contributed by atoms with Gasteiger partial charge in [0.25, 0.3) is 6.43 Å². The fraction of sp³-hybridized carbons (Fsp3) is 0.250. The second kappa shape index (κ2) is 3.98. The molecule has 0 aromatic carbocycles. The number of nitriles is 1. The summed E-state index contributed by atoms with van der Waals surface area (Å²) < 4.78 is 24.7. The molecule has 0 fully saturated rings. The average Bonchev–Trinajstić information content (AvgIpc) is 2.16. The molecule has 6 heteroatoms. The van der Waals surface area contributed by atoms with Gasteiger partial charge in [-0.05, 0) is 0 Å². The van der Waals surface area contributed by atoms with Crippen molar-refractivity contribution < 1.29 is 8.78 Å². The molecule has 0 radical (unpaired) electrons. The topological polar surface area (TPSA) is 88.7 Å². The van der Waals surface area contributed by atoms with Crippen molar-refractivity contribution in [3.63, 3.8) is 0 Å². The number of aromatic nitrogens is 1. The van der Waals surface area contributed by atoms with Gasteiger partial charge in [0.2, 0.25) is 0 Å². The second-order valence-corrected chi connectivity index (χ2v) is 2.57. The lowest BCUT2D eigenvalue weighted by Gasteiger charge is -2.08. The number of pyridine rings is 1. The highest BCUT2D eigenvalue weighted by atomic mass is 19.3. The molecule has 0 bridgehead atoms. The molecule has 1 aromatic rings. The van der Waals surface area contributed by atoms with Gasteiger partial charge in [0.15, 0.2) is 0 Å². The minimum absolute atomic E-state index is 0.0586. The van der Waals surface area contributed by atoms with Crippen molar-refractivity contribution in [3.05, 3.63) is 23.0 Å².